The number of anilines is 2. The van der Waals surface area contributed by atoms with Crippen LogP contribution in [0.3, 0.4) is 0 Å². The van der Waals surface area contributed by atoms with Gasteiger partial charge in [-0.25, -0.2) is 8.42 Å². The number of fused-ring (bicyclic) bond motifs is 1. The van der Waals surface area contributed by atoms with Crippen LogP contribution in [-0.2, 0) is 14.8 Å². The van der Waals surface area contributed by atoms with E-state index in [0.29, 0.717) is 22.0 Å². The fourth-order valence-electron chi connectivity index (χ4n) is 3.48. The van der Waals surface area contributed by atoms with Gasteiger partial charge in [0, 0.05) is 10.7 Å². The maximum atomic E-state index is 13.5. The zero-order valence-corrected chi connectivity index (χ0v) is 18.9. The summed E-state index contributed by atoms with van der Waals surface area (Å²) in [6, 6.07) is 26.4. The van der Waals surface area contributed by atoms with Crippen LogP contribution in [0.4, 0.5) is 11.4 Å². The van der Waals surface area contributed by atoms with Gasteiger partial charge in [0.2, 0.25) is 5.91 Å². The van der Waals surface area contributed by atoms with Crippen molar-refractivity contribution in [2.75, 3.05) is 16.2 Å². The average molecular weight is 465 g/mol. The maximum absolute atomic E-state index is 13.5. The number of nitrogens with zero attached hydrogens (tertiary/aromatic N) is 1. The Morgan fingerprint density at radius 2 is 1.56 bits per heavy atom. The maximum Gasteiger partial charge on any atom is 0.264 e. The lowest BCUT2D eigenvalue weighted by molar-refractivity contribution is -0.114. The second kappa shape index (κ2) is 9.02. The lowest BCUT2D eigenvalue weighted by atomic mass is 10.1. The first-order valence-electron chi connectivity index (χ1n) is 9.98. The Balaban J connectivity index is 1.68. The van der Waals surface area contributed by atoms with E-state index in [4.69, 9.17) is 11.6 Å². The number of nitrogens with one attached hydrogen (secondary N) is 1. The number of rotatable bonds is 6. The lowest BCUT2D eigenvalue weighted by Gasteiger charge is -2.26. The van der Waals surface area contributed by atoms with Gasteiger partial charge < -0.3 is 5.32 Å². The highest BCUT2D eigenvalue weighted by Crippen LogP contribution is 2.31. The Morgan fingerprint density at radius 1 is 0.875 bits per heavy atom. The van der Waals surface area contributed by atoms with Crippen molar-refractivity contribution in [2.45, 2.75) is 11.8 Å². The minimum atomic E-state index is -4.00. The SMILES string of the molecule is Cc1c(Cl)cccc1N(CC(=O)Nc1ccc2ccccc2c1)S(=O)(=O)c1ccccc1. The summed E-state index contributed by atoms with van der Waals surface area (Å²) in [5.41, 5.74) is 1.52. The Bertz CT molecular complexity index is 1390. The summed E-state index contributed by atoms with van der Waals surface area (Å²) in [6.45, 7) is 1.33. The summed E-state index contributed by atoms with van der Waals surface area (Å²) in [7, 11) is -4.00. The van der Waals surface area contributed by atoms with Gasteiger partial charge in [0.15, 0.2) is 0 Å². The highest BCUT2D eigenvalue weighted by Gasteiger charge is 2.28. The van der Waals surface area contributed by atoms with E-state index in [1.807, 2.05) is 36.4 Å². The standard InChI is InChI=1S/C25H21ClN2O3S/c1-18-23(26)12-7-13-24(18)28(32(30,31)22-10-3-2-4-11-22)17-25(29)27-21-15-14-19-8-5-6-9-20(19)16-21/h2-16H,17H2,1H3,(H,27,29). The third kappa shape index (κ3) is 4.47. The molecule has 0 aromatic heterocycles. The molecule has 0 aliphatic carbocycles. The summed E-state index contributed by atoms with van der Waals surface area (Å²) < 4.78 is 28.0. The van der Waals surface area contributed by atoms with E-state index in [1.165, 1.54) is 12.1 Å². The number of sulfonamides is 1. The van der Waals surface area contributed by atoms with Gasteiger partial charge in [-0.3, -0.25) is 9.10 Å². The first-order valence-corrected chi connectivity index (χ1v) is 11.8. The van der Waals surface area contributed by atoms with E-state index in [0.717, 1.165) is 15.1 Å². The predicted octanol–water partition coefficient (Wildman–Crippen LogP) is 5.64. The third-order valence-corrected chi connectivity index (χ3v) is 7.34. The Labute approximate surface area is 192 Å². The van der Waals surface area contributed by atoms with E-state index < -0.39 is 22.5 Å². The van der Waals surface area contributed by atoms with Gasteiger partial charge in [-0.15, -0.1) is 0 Å². The summed E-state index contributed by atoms with van der Waals surface area (Å²) in [5.74, 6) is -0.459. The number of benzene rings is 4. The molecular weight excluding hydrogens is 444 g/mol. The van der Waals surface area contributed by atoms with E-state index in [-0.39, 0.29) is 4.90 Å². The normalized spacial score (nSPS) is 11.3. The summed E-state index contributed by atoms with van der Waals surface area (Å²) >= 11 is 6.25. The Kier molecular flexibility index (Phi) is 6.17. The van der Waals surface area contributed by atoms with E-state index >= 15 is 0 Å². The minimum Gasteiger partial charge on any atom is -0.324 e. The van der Waals surface area contributed by atoms with Crippen LogP contribution in [0, 0.1) is 6.92 Å². The fraction of sp³-hybridized carbons (Fsp3) is 0.0800. The van der Waals surface area contributed by atoms with Gasteiger partial charge in [-0.2, -0.15) is 0 Å². The molecule has 7 heteroatoms. The Hall–Kier alpha value is -3.35. The number of hydrogen-bond acceptors (Lipinski definition) is 3. The Morgan fingerprint density at radius 3 is 2.31 bits per heavy atom. The minimum absolute atomic E-state index is 0.0953. The zero-order chi connectivity index (χ0) is 22.7. The molecular formula is C25H21ClN2O3S. The summed E-state index contributed by atoms with van der Waals surface area (Å²) in [6.07, 6.45) is 0. The summed E-state index contributed by atoms with van der Waals surface area (Å²) in [5, 5.41) is 5.26. The quantitative estimate of drug-likeness (QED) is 0.401. The molecule has 162 valence electrons. The lowest BCUT2D eigenvalue weighted by Crippen LogP contribution is -2.38. The smallest absolute Gasteiger partial charge is 0.264 e. The van der Waals surface area contributed by atoms with Crippen molar-refractivity contribution in [3.63, 3.8) is 0 Å². The molecule has 0 saturated heterocycles. The third-order valence-electron chi connectivity index (χ3n) is 5.16. The van der Waals surface area contributed by atoms with Gasteiger partial charge in [-0.05, 0) is 59.7 Å². The molecule has 1 amide bonds. The number of amides is 1. The highest BCUT2D eigenvalue weighted by atomic mass is 35.5. The van der Waals surface area contributed by atoms with Crippen LogP contribution in [0.15, 0.2) is 95.9 Å². The molecule has 0 unspecified atom stereocenters. The molecule has 0 aliphatic heterocycles. The predicted molar refractivity (Wildman–Crippen MR) is 130 cm³/mol. The van der Waals surface area contributed by atoms with Crippen LogP contribution in [-0.4, -0.2) is 20.9 Å². The van der Waals surface area contributed by atoms with Crippen LogP contribution in [0.2, 0.25) is 5.02 Å². The number of carbonyl (C=O) groups excluding carboxylic acids is 1. The van der Waals surface area contributed by atoms with Crippen LogP contribution in [0.5, 0.6) is 0 Å². The van der Waals surface area contributed by atoms with Crippen molar-refractivity contribution in [3.8, 4) is 0 Å². The van der Waals surface area contributed by atoms with Crippen molar-refractivity contribution < 1.29 is 13.2 Å². The molecule has 0 spiro atoms. The zero-order valence-electron chi connectivity index (χ0n) is 17.3. The molecule has 0 bridgehead atoms. The molecule has 0 atom stereocenters. The van der Waals surface area contributed by atoms with Crippen molar-refractivity contribution in [3.05, 3.63) is 102 Å². The first-order chi connectivity index (χ1) is 15.4. The van der Waals surface area contributed by atoms with Crippen molar-refractivity contribution in [1.82, 2.24) is 0 Å². The molecule has 0 aliphatic rings. The number of halogens is 1. The molecule has 0 saturated carbocycles. The number of hydrogen-bond donors (Lipinski definition) is 1. The molecule has 0 fully saturated rings. The van der Waals surface area contributed by atoms with Gasteiger partial charge in [0.25, 0.3) is 10.0 Å². The van der Waals surface area contributed by atoms with Crippen molar-refractivity contribution >= 4 is 49.7 Å². The highest BCUT2D eigenvalue weighted by molar-refractivity contribution is 7.92. The molecule has 5 nitrogen and oxygen atoms in total. The largest absolute Gasteiger partial charge is 0.324 e. The van der Waals surface area contributed by atoms with Crippen LogP contribution >= 0.6 is 11.6 Å². The molecule has 0 radical (unpaired) electrons. The second-order valence-corrected chi connectivity index (χ2v) is 9.59. The van der Waals surface area contributed by atoms with Crippen LogP contribution in [0.1, 0.15) is 5.56 Å². The summed E-state index contributed by atoms with van der Waals surface area (Å²) in [4.78, 5) is 13.1. The van der Waals surface area contributed by atoms with Gasteiger partial charge in [0.05, 0.1) is 10.6 Å². The second-order valence-electron chi connectivity index (χ2n) is 7.32. The van der Waals surface area contributed by atoms with Gasteiger partial charge in [-0.1, -0.05) is 66.2 Å². The van der Waals surface area contributed by atoms with Crippen LogP contribution < -0.4 is 9.62 Å². The monoisotopic (exact) mass is 464 g/mol. The molecule has 0 heterocycles. The average Bonchev–Trinajstić information content (AvgIpc) is 2.80. The van der Waals surface area contributed by atoms with Gasteiger partial charge >= 0.3 is 0 Å². The molecule has 1 N–H and O–H groups in total. The van der Waals surface area contributed by atoms with E-state index in [9.17, 15) is 13.2 Å². The van der Waals surface area contributed by atoms with Crippen LogP contribution in [0.25, 0.3) is 10.8 Å². The van der Waals surface area contributed by atoms with Crippen molar-refractivity contribution in [1.29, 1.82) is 0 Å². The van der Waals surface area contributed by atoms with Gasteiger partial charge in [0.1, 0.15) is 6.54 Å². The molecule has 4 rings (SSSR count). The number of carbonyl (C=O) groups is 1. The molecule has 32 heavy (non-hydrogen) atoms. The molecule has 4 aromatic rings. The van der Waals surface area contributed by atoms with E-state index in [1.54, 1.807) is 49.4 Å². The van der Waals surface area contributed by atoms with Crippen molar-refractivity contribution in [2.24, 2.45) is 0 Å². The van der Waals surface area contributed by atoms with E-state index in [2.05, 4.69) is 5.32 Å². The molecule has 4 aromatic carbocycles. The first kappa shape index (κ1) is 21.9. The topological polar surface area (TPSA) is 66.5 Å². The fourth-order valence-corrected chi connectivity index (χ4v) is 5.15.